The molecule has 0 spiro atoms. The van der Waals surface area contributed by atoms with Crippen molar-refractivity contribution in [2.24, 2.45) is 0 Å². The van der Waals surface area contributed by atoms with Gasteiger partial charge in [-0.1, -0.05) is 15.9 Å². The summed E-state index contributed by atoms with van der Waals surface area (Å²) < 4.78 is 6.49. The Bertz CT molecular complexity index is 793. The molecule has 0 unspecified atom stereocenters. The molecule has 0 atom stereocenters. The lowest BCUT2D eigenvalue weighted by Gasteiger charge is -2.36. The molecule has 25 heavy (non-hydrogen) atoms. The molecule has 1 aromatic carbocycles. The number of carbonyl (C=O) groups excluding carboxylic acids is 1. The van der Waals surface area contributed by atoms with Crippen LogP contribution in [0.4, 0.5) is 10.6 Å². The normalized spacial score (nSPS) is 15.6. The van der Waals surface area contributed by atoms with E-state index < -0.39 is 5.60 Å². The maximum atomic E-state index is 12.2. The first-order valence-corrected chi connectivity index (χ1v) is 9.32. The molecule has 0 bridgehead atoms. The summed E-state index contributed by atoms with van der Waals surface area (Å²) in [7, 11) is 0. The predicted octanol–water partition coefficient (Wildman–Crippen LogP) is 4.36. The lowest BCUT2D eigenvalue weighted by atomic mass is 10.1. The van der Waals surface area contributed by atoms with Gasteiger partial charge in [0.2, 0.25) is 0 Å². The molecule has 0 radical (unpaired) electrons. The second-order valence-corrected chi connectivity index (χ2v) is 8.33. The number of nitrogens with zero attached hydrogens (tertiary/aromatic N) is 3. The topological polar surface area (TPSA) is 45.7 Å². The summed E-state index contributed by atoms with van der Waals surface area (Å²) >= 11 is 3.54. The molecule has 1 saturated heterocycles. The monoisotopic (exact) mass is 405 g/mol. The standard InChI is InChI=1S/C19H24BrN3O2/c1-13-11-14(20)12-16-15(13)5-6-17(21-16)22-7-9-23(10-8-22)18(24)25-19(2,3)4/h5-6,11-12H,7-10H2,1-4H3. The van der Waals surface area contributed by atoms with E-state index in [-0.39, 0.29) is 6.09 Å². The number of pyridine rings is 1. The number of benzene rings is 1. The quantitative estimate of drug-likeness (QED) is 0.706. The Morgan fingerprint density at radius 2 is 1.84 bits per heavy atom. The van der Waals surface area contributed by atoms with E-state index in [1.54, 1.807) is 4.90 Å². The second-order valence-electron chi connectivity index (χ2n) is 7.41. The van der Waals surface area contributed by atoms with Gasteiger partial charge < -0.3 is 14.5 Å². The minimum atomic E-state index is -0.459. The largest absolute Gasteiger partial charge is 0.444 e. The van der Waals surface area contributed by atoms with Gasteiger partial charge in [0.05, 0.1) is 5.52 Å². The van der Waals surface area contributed by atoms with Gasteiger partial charge in [-0.2, -0.15) is 0 Å². The molecular weight excluding hydrogens is 382 g/mol. The van der Waals surface area contributed by atoms with E-state index in [4.69, 9.17) is 9.72 Å². The van der Waals surface area contributed by atoms with E-state index in [0.717, 1.165) is 28.9 Å². The Labute approximate surface area is 157 Å². The molecule has 1 fully saturated rings. The number of hydrogen-bond acceptors (Lipinski definition) is 4. The van der Waals surface area contributed by atoms with Crippen molar-refractivity contribution in [1.82, 2.24) is 9.88 Å². The lowest BCUT2D eigenvalue weighted by Crippen LogP contribution is -2.50. The zero-order valence-electron chi connectivity index (χ0n) is 15.2. The number of piperazine rings is 1. The SMILES string of the molecule is Cc1cc(Br)cc2nc(N3CCN(C(=O)OC(C)(C)C)CC3)ccc12. The summed E-state index contributed by atoms with van der Waals surface area (Å²) in [6, 6.07) is 8.33. The van der Waals surface area contributed by atoms with Crippen molar-refractivity contribution in [1.29, 1.82) is 0 Å². The third-order valence-corrected chi connectivity index (χ3v) is 4.68. The molecule has 6 heteroatoms. The number of amides is 1. The van der Waals surface area contributed by atoms with Crippen molar-refractivity contribution in [2.75, 3.05) is 31.1 Å². The van der Waals surface area contributed by atoms with Crippen LogP contribution in [0.1, 0.15) is 26.3 Å². The number of hydrogen-bond donors (Lipinski definition) is 0. The van der Waals surface area contributed by atoms with Gasteiger partial charge in [0, 0.05) is 36.0 Å². The predicted molar refractivity (Wildman–Crippen MR) is 104 cm³/mol. The highest BCUT2D eigenvalue weighted by atomic mass is 79.9. The fraction of sp³-hybridized carbons (Fsp3) is 0.474. The smallest absolute Gasteiger partial charge is 0.410 e. The van der Waals surface area contributed by atoms with Crippen molar-refractivity contribution in [3.05, 3.63) is 34.3 Å². The van der Waals surface area contributed by atoms with Crippen molar-refractivity contribution in [3.63, 3.8) is 0 Å². The average Bonchev–Trinajstić information content (AvgIpc) is 2.52. The van der Waals surface area contributed by atoms with Crippen molar-refractivity contribution < 1.29 is 9.53 Å². The number of aromatic nitrogens is 1. The molecule has 2 aromatic rings. The van der Waals surface area contributed by atoms with E-state index in [9.17, 15) is 4.79 Å². The molecule has 3 rings (SSSR count). The lowest BCUT2D eigenvalue weighted by molar-refractivity contribution is 0.0240. The molecule has 1 aliphatic rings. The Hall–Kier alpha value is -1.82. The van der Waals surface area contributed by atoms with E-state index >= 15 is 0 Å². The Balaban J connectivity index is 1.71. The third kappa shape index (κ3) is 4.24. The fourth-order valence-electron chi connectivity index (χ4n) is 2.99. The summed E-state index contributed by atoms with van der Waals surface area (Å²) in [5, 5.41) is 1.17. The Morgan fingerprint density at radius 3 is 2.48 bits per heavy atom. The molecule has 0 N–H and O–H groups in total. The van der Waals surface area contributed by atoms with Crippen LogP contribution in [-0.4, -0.2) is 47.8 Å². The van der Waals surface area contributed by atoms with Gasteiger partial charge in [-0.3, -0.25) is 0 Å². The Kier molecular flexibility index (Phi) is 4.91. The van der Waals surface area contributed by atoms with Crippen LogP contribution >= 0.6 is 15.9 Å². The zero-order chi connectivity index (χ0) is 18.2. The highest BCUT2D eigenvalue weighted by Gasteiger charge is 2.26. The number of carbonyl (C=O) groups is 1. The van der Waals surface area contributed by atoms with Gasteiger partial charge >= 0.3 is 6.09 Å². The maximum absolute atomic E-state index is 12.2. The molecule has 134 valence electrons. The zero-order valence-corrected chi connectivity index (χ0v) is 16.8. The van der Waals surface area contributed by atoms with Gasteiger partial charge in [0.15, 0.2) is 0 Å². The first-order valence-electron chi connectivity index (χ1n) is 8.53. The highest BCUT2D eigenvalue weighted by molar-refractivity contribution is 9.10. The summed E-state index contributed by atoms with van der Waals surface area (Å²) in [5.74, 6) is 0.953. The summed E-state index contributed by atoms with van der Waals surface area (Å²) in [5.41, 5.74) is 1.73. The fourth-order valence-corrected chi connectivity index (χ4v) is 3.55. The number of aryl methyl sites for hydroxylation is 1. The molecule has 5 nitrogen and oxygen atoms in total. The van der Waals surface area contributed by atoms with Gasteiger partial charge in [-0.25, -0.2) is 9.78 Å². The third-order valence-electron chi connectivity index (χ3n) is 4.22. The summed E-state index contributed by atoms with van der Waals surface area (Å²) in [6.45, 7) is 10.6. The number of fused-ring (bicyclic) bond motifs is 1. The first kappa shape index (κ1) is 18.0. The number of anilines is 1. The van der Waals surface area contributed by atoms with E-state index in [0.29, 0.717) is 13.1 Å². The number of rotatable bonds is 1. The molecule has 1 aliphatic heterocycles. The van der Waals surface area contributed by atoms with Crippen molar-refractivity contribution >= 4 is 38.7 Å². The highest BCUT2D eigenvalue weighted by Crippen LogP contribution is 2.25. The van der Waals surface area contributed by atoms with Gasteiger partial charge in [0.25, 0.3) is 0 Å². The van der Waals surface area contributed by atoms with Crippen LogP contribution in [0.15, 0.2) is 28.7 Å². The van der Waals surface area contributed by atoms with Crippen LogP contribution in [0.5, 0.6) is 0 Å². The summed E-state index contributed by atoms with van der Waals surface area (Å²) in [4.78, 5) is 21.0. The van der Waals surface area contributed by atoms with Crippen LogP contribution in [0, 0.1) is 6.92 Å². The van der Waals surface area contributed by atoms with Crippen LogP contribution in [0.3, 0.4) is 0 Å². The molecular formula is C19H24BrN3O2. The molecule has 1 aromatic heterocycles. The molecule has 0 aliphatic carbocycles. The van der Waals surface area contributed by atoms with Crippen LogP contribution < -0.4 is 4.90 Å². The number of ether oxygens (including phenoxy) is 1. The molecule has 2 heterocycles. The van der Waals surface area contributed by atoms with Crippen LogP contribution in [0.25, 0.3) is 10.9 Å². The van der Waals surface area contributed by atoms with Crippen LogP contribution in [-0.2, 0) is 4.74 Å². The van der Waals surface area contributed by atoms with E-state index in [1.807, 2.05) is 26.8 Å². The minimum Gasteiger partial charge on any atom is -0.444 e. The Morgan fingerprint density at radius 1 is 1.16 bits per heavy atom. The van der Waals surface area contributed by atoms with Gasteiger partial charge in [-0.05, 0) is 57.5 Å². The average molecular weight is 406 g/mol. The first-order chi connectivity index (χ1) is 11.7. The van der Waals surface area contributed by atoms with E-state index in [1.165, 1.54) is 10.9 Å². The second kappa shape index (κ2) is 6.83. The number of halogens is 1. The molecule has 0 saturated carbocycles. The minimum absolute atomic E-state index is 0.238. The molecule has 1 amide bonds. The summed E-state index contributed by atoms with van der Waals surface area (Å²) in [6.07, 6.45) is -0.238. The van der Waals surface area contributed by atoms with Gasteiger partial charge in [-0.15, -0.1) is 0 Å². The van der Waals surface area contributed by atoms with Crippen molar-refractivity contribution in [3.8, 4) is 0 Å². The van der Waals surface area contributed by atoms with Crippen molar-refractivity contribution in [2.45, 2.75) is 33.3 Å². The van der Waals surface area contributed by atoms with Crippen LogP contribution in [0.2, 0.25) is 0 Å². The maximum Gasteiger partial charge on any atom is 0.410 e. The van der Waals surface area contributed by atoms with E-state index in [2.05, 4.69) is 46.0 Å². The van der Waals surface area contributed by atoms with Gasteiger partial charge in [0.1, 0.15) is 11.4 Å².